The van der Waals surface area contributed by atoms with E-state index >= 15 is 0 Å². The summed E-state index contributed by atoms with van der Waals surface area (Å²) in [6, 6.07) is 12.9. The van der Waals surface area contributed by atoms with Crippen molar-refractivity contribution in [2.75, 3.05) is 14.2 Å². The van der Waals surface area contributed by atoms with E-state index in [1.165, 1.54) is 0 Å². The lowest BCUT2D eigenvalue weighted by Gasteiger charge is -2.33. The zero-order chi connectivity index (χ0) is 20.7. The van der Waals surface area contributed by atoms with E-state index in [9.17, 15) is 4.79 Å². The molecule has 3 rings (SSSR count). The van der Waals surface area contributed by atoms with Crippen molar-refractivity contribution in [2.45, 2.75) is 18.5 Å². The number of carbonyl (C=O) groups excluding carboxylic acids is 1. The first-order valence-corrected chi connectivity index (χ1v) is 9.14. The van der Waals surface area contributed by atoms with E-state index in [-0.39, 0.29) is 0 Å². The van der Waals surface area contributed by atoms with Crippen LogP contribution in [0.15, 0.2) is 67.3 Å². The fourth-order valence-electron chi connectivity index (χ4n) is 3.25. The van der Waals surface area contributed by atoms with E-state index < -0.39 is 11.4 Å². The number of primary amides is 1. The largest absolute Gasteiger partial charge is 0.493 e. The SMILES string of the molecule is COc1ccc(C(Cc2ccncc2)(NCc2cccnc2)C(N)=O)cc1OC. The number of nitrogens with one attached hydrogen (secondary N) is 1. The number of rotatable bonds is 9. The van der Waals surface area contributed by atoms with Crippen LogP contribution in [0.3, 0.4) is 0 Å². The van der Waals surface area contributed by atoms with Crippen molar-refractivity contribution in [1.29, 1.82) is 0 Å². The van der Waals surface area contributed by atoms with Crippen molar-refractivity contribution in [3.63, 3.8) is 0 Å². The molecular formula is C22H24N4O3. The summed E-state index contributed by atoms with van der Waals surface area (Å²) < 4.78 is 10.8. The van der Waals surface area contributed by atoms with E-state index in [1.54, 1.807) is 51.1 Å². The normalized spacial score (nSPS) is 12.8. The molecule has 2 heterocycles. The van der Waals surface area contributed by atoms with Gasteiger partial charge in [0.25, 0.3) is 0 Å². The van der Waals surface area contributed by atoms with Crippen LogP contribution >= 0.6 is 0 Å². The molecule has 1 amide bonds. The molecule has 3 N–H and O–H groups in total. The van der Waals surface area contributed by atoms with Crippen molar-refractivity contribution >= 4 is 5.91 Å². The number of nitrogens with two attached hydrogens (primary N) is 1. The van der Waals surface area contributed by atoms with E-state index in [1.807, 2.05) is 30.3 Å². The topological polar surface area (TPSA) is 99.4 Å². The second-order valence-electron chi connectivity index (χ2n) is 6.59. The summed E-state index contributed by atoms with van der Waals surface area (Å²) in [6.07, 6.45) is 7.18. The Kier molecular flexibility index (Phi) is 6.41. The minimum Gasteiger partial charge on any atom is -0.493 e. The first-order valence-electron chi connectivity index (χ1n) is 9.14. The summed E-state index contributed by atoms with van der Waals surface area (Å²) >= 11 is 0. The molecule has 1 unspecified atom stereocenters. The molecule has 0 fully saturated rings. The van der Waals surface area contributed by atoms with Gasteiger partial charge in [0.05, 0.1) is 14.2 Å². The predicted octanol–water partition coefficient (Wildman–Crippen LogP) is 2.21. The lowest BCUT2D eigenvalue weighted by atomic mass is 9.82. The number of aromatic nitrogens is 2. The van der Waals surface area contributed by atoms with Gasteiger partial charge in [-0.1, -0.05) is 12.1 Å². The summed E-state index contributed by atoms with van der Waals surface area (Å²) in [6.45, 7) is 0.413. The Morgan fingerprint density at radius 1 is 1.00 bits per heavy atom. The highest BCUT2D eigenvalue weighted by molar-refractivity contribution is 5.87. The van der Waals surface area contributed by atoms with Gasteiger partial charge in [-0.3, -0.25) is 20.1 Å². The van der Waals surface area contributed by atoms with Crippen LogP contribution in [-0.4, -0.2) is 30.1 Å². The number of ether oxygens (including phenoxy) is 2. The number of hydrogen-bond acceptors (Lipinski definition) is 6. The van der Waals surface area contributed by atoms with Crippen LogP contribution in [0, 0.1) is 0 Å². The summed E-state index contributed by atoms with van der Waals surface area (Å²) in [5, 5.41) is 3.37. The average molecular weight is 392 g/mol. The van der Waals surface area contributed by atoms with Crippen molar-refractivity contribution in [1.82, 2.24) is 15.3 Å². The molecule has 0 aliphatic carbocycles. The van der Waals surface area contributed by atoms with Crippen molar-refractivity contribution in [3.8, 4) is 11.5 Å². The summed E-state index contributed by atoms with van der Waals surface area (Å²) in [4.78, 5) is 21.0. The maximum atomic E-state index is 12.9. The second-order valence-corrected chi connectivity index (χ2v) is 6.59. The zero-order valence-electron chi connectivity index (χ0n) is 16.5. The van der Waals surface area contributed by atoms with Gasteiger partial charge in [-0.05, 0) is 47.0 Å². The highest BCUT2D eigenvalue weighted by atomic mass is 16.5. The minimum atomic E-state index is -1.17. The van der Waals surface area contributed by atoms with Gasteiger partial charge in [-0.15, -0.1) is 0 Å². The molecular weight excluding hydrogens is 368 g/mol. The third-order valence-electron chi connectivity index (χ3n) is 4.83. The summed E-state index contributed by atoms with van der Waals surface area (Å²) in [5.41, 5.74) is 7.35. The Morgan fingerprint density at radius 2 is 1.76 bits per heavy atom. The molecule has 0 aliphatic heterocycles. The van der Waals surface area contributed by atoms with Crippen molar-refractivity contribution in [2.24, 2.45) is 5.73 Å². The van der Waals surface area contributed by atoms with Crippen LogP contribution < -0.4 is 20.5 Å². The lowest BCUT2D eigenvalue weighted by molar-refractivity contribution is -0.125. The Balaban J connectivity index is 2.06. The quantitative estimate of drug-likeness (QED) is 0.579. The van der Waals surface area contributed by atoms with Crippen LogP contribution in [0.2, 0.25) is 0 Å². The Labute approximate surface area is 169 Å². The molecule has 1 atom stereocenters. The van der Waals surface area contributed by atoms with Gasteiger partial charge < -0.3 is 15.2 Å². The number of nitrogens with zero attached hydrogens (tertiary/aromatic N) is 2. The van der Waals surface area contributed by atoms with E-state index in [2.05, 4.69) is 15.3 Å². The Hall–Kier alpha value is -3.45. The van der Waals surface area contributed by atoms with Crippen LogP contribution in [-0.2, 0) is 23.3 Å². The maximum Gasteiger partial charge on any atom is 0.242 e. The van der Waals surface area contributed by atoms with Gasteiger partial charge in [0.15, 0.2) is 11.5 Å². The molecule has 1 aromatic carbocycles. The molecule has 3 aromatic rings. The van der Waals surface area contributed by atoms with E-state index in [4.69, 9.17) is 15.2 Å². The standard InChI is InChI=1S/C22H24N4O3/c1-28-19-6-5-18(12-20(19)29-2)22(21(23)27,13-16-7-10-24-11-8-16)26-15-17-4-3-9-25-14-17/h3-12,14,26H,13,15H2,1-2H3,(H2,23,27). The molecule has 150 valence electrons. The van der Waals surface area contributed by atoms with Gasteiger partial charge >= 0.3 is 0 Å². The number of amides is 1. The number of carbonyl (C=O) groups is 1. The maximum absolute atomic E-state index is 12.9. The van der Waals surface area contributed by atoms with Gasteiger partial charge in [-0.25, -0.2) is 0 Å². The molecule has 0 spiro atoms. The Morgan fingerprint density at radius 3 is 2.38 bits per heavy atom. The molecule has 0 bridgehead atoms. The van der Waals surface area contributed by atoms with Crippen LogP contribution in [0.25, 0.3) is 0 Å². The molecule has 29 heavy (non-hydrogen) atoms. The van der Waals surface area contributed by atoms with Gasteiger partial charge in [0.2, 0.25) is 5.91 Å². The highest BCUT2D eigenvalue weighted by Gasteiger charge is 2.39. The summed E-state index contributed by atoms with van der Waals surface area (Å²) in [7, 11) is 3.12. The zero-order valence-corrected chi connectivity index (χ0v) is 16.5. The van der Waals surface area contributed by atoms with Gasteiger partial charge in [-0.2, -0.15) is 0 Å². The van der Waals surface area contributed by atoms with Crippen molar-refractivity contribution in [3.05, 3.63) is 83.9 Å². The number of benzene rings is 1. The molecule has 2 aromatic heterocycles. The highest BCUT2D eigenvalue weighted by Crippen LogP contribution is 2.34. The van der Waals surface area contributed by atoms with Crippen LogP contribution in [0.4, 0.5) is 0 Å². The first kappa shape index (κ1) is 20.3. The van der Waals surface area contributed by atoms with E-state index in [0.29, 0.717) is 30.0 Å². The molecule has 7 heteroatoms. The fourth-order valence-corrected chi connectivity index (χ4v) is 3.25. The molecule has 0 aliphatic rings. The monoisotopic (exact) mass is 392 g/mol. The lowest BCUT2D eigenvalue weighted by Crippen LogP contribution is -2.54. The third kappa shape index (κ3) is 4.52. The molecule has 0 saturated carbocycles. The second kappa shape index (κ2) is 9.16. The predicted molar refractivity (Wildman–Crippen MR) is 109 cm³/mol. The first-order chi connectivity index (χ1) is 14.1. The molecule has 0 saturated heterocycles. The van der Waals surface area contributed by atoms with Crippen LogP contribution in [0.5, 0.6) is 11.5 Å². The van der Waals surface area contributed by atoms with Gasteiger partial charge in [0, 0.05) is 37.8 Å². The fraction of sp³-hybridized carbons (Fsp3) is 0.227. The van der Waals surface area contributed by atoms with Gasteiger partial charge in [0.1, 0.15) is 5.54 Å². The molecule has 0 radical (unpaired) electrons. The smallest absolute Gasteiger partial charge is 0.242 e. The number of methoxy groups -OCH3 is 2. The Bertz CT molecular complexity index is 951. The average Bonchev–Trinajstić information content (AvgIpc) is 2.77. The van der Waals surface area contributed by atoms with E-state index in [0.717, 1.165) is 11.1 Å². The number of pyridine rings is 2. The number of hydrogen-bond donors (Lipinski definition) is 2. The summed E-state index contributed by atoms with van der Waals surface area (Å²) in [5.74, 6) is 0.602. The van der Waals surface area contributed by atoms with Crippen molar-refractivity contribution < 1.29 is 14.3 Å². The van der Waals surface area contributed by atoms with Crippen LogP contribution in [0.1, 0.15) is 16.7 Å². The minimum absolute atomic E-state index is 0.348. The molecule has 7 nitrogen and oxygen atoms in total. The third-order valence-corrected chi connectivity index (χ3v) is 4.83.